The van der Waals surface area contributed by atoms with E-state index >= 15 is 0 Å². The van der Waals surface area contributed by atoms with Crippen LogP contribution in [0.5, 0.6) is 0 Å². The highest BCUT2D eigenvalue weighted by atomic mass is 35.5. The number of ether oxygens (including phenoxy) is 1. The van der Waals surface area contributed by atoms with E-state index < -0.39 is 23.7 Å². The molecule has 2 rings (SSSR count). The first kappa shape index (κ1) is 17.0. The van der Waals surface area contributed by atoms with Crippen molar-refractivity contribution in [1.29, 1.82) is 0 Å². The van der Waals surface area contributed by atoms with Crippen LogP contribution in [0.4, 0.5) is 4.39 Å². The Bertz CT molecular complexity index is 720. The van der Waals surface area contributed by atoms with Gasteiger partial charge < -0.3 is 10.1 Å². The number of hydrogen-bond donors (Lipinski definition) is 1. The van der Waals surface area contributed by atoms with Crippen molar-refractivity contribution in [3.05, 3.63) is 70.5 Å². The van der Waals surface area contributed by atoms with E-state index in [9.17, 15) is 14.0 Å². The number of nitrogens with one attached hydrogen (secondary N) is 1. The maximum Gasteiger partial charge on any atom is 0.328 e. The second kappa shape index (κ2) is 7.74. The Labute approximate surface area is 138 Å². The highest BCUT2D eigenvalue weighted by Gasteiger charge is 2.22. The first-order valence-electron chi connectivity index (χ1n) is 6.88. The first-order valence-corrected chi connectivity index (χ1v) is 7.26. The van der Waals surface area contributed by atoms with E-state index in [4.69, 9.17) is 16.3 Å². The van der Waals surface area contributed by atoms with Crippen LogP contribution in [0.15, 0.2) is 48.5 Å². The standard InChI is InChI=1S/C17H15ClFNO3/c1-23-17(22)15(9-11-4-2-6-13(18)8-11)20-16(21)12-5-3-7-14(19)10-12/h2-8,10,15H,9H2,1H3,(H,20,21)/t15-/m1/s1. The Morgan fingerprint density at radius 3 is 2.61 bits per heavy atom. The van der Waals surface area contributed by atoms with Crippen molar-refractivity contribution in [2.24, 2.45) is 0 Å². The van der Waals surface area contributed by atoms with E-state index in [1.54, 1.807) is 24.3 Å². The van der Waals surface area contributed by atoms with Gasteiger partial charge in [0.05, 0.1) is 7.11 Å². The van der Waals surface area contributed by atoms with Crippen molar-refractivity contribution in [1.82, 2.24) is 5.32 Å². The molecule has 0 spiro atoms. The molecule has 6 heteroatoms. The molecule has 0 saturated carbocycles. The fourth-order valence-corrected chi connectivity index (χ4v) is 2.32. The van der Waals surface area contributed by atoms with Gasteiger partial charge in [-0.25, -0.2) is 9.18 Å². The number of amides is 1. The minimum atomic E-state index is -0.894. The van der Waals surface area contributed by atoms with Crippen LogP contribution < -0.4 is 5.32 Å². The summed E-state index contributed by atoms with van der Waals surface area (Å²) in [6.07, 6.45) is 0.217. The normalized spacial score (nSPS) is 11.6. The van der Waals surface area contributed by atoms with Crippen LogP contribution >= 0.6 is 11.6 Å². The first-order chi connectivity index (χ1) is 11.0. The molecule has 1 atom stereocenters. The zero-order valence-corrected chi connectivity index (χ0v) is 13.1. The predicted molar refractivity (Wildman–Crippen MR) is 84.8 cm³/mol. The van der Waals surface area contributed by atoms with Crippen molar-refractivity contribution in [2.75, 3.05) is 7.11 Å². The Morgan fingerprint density at radius 1 is 1.22 bits per heavy atom. The molecule has 1 N–H and O–H groups in total. The molecule has 2 aromatic carbocycles. The average Bonchev–Trinajstić information content (AvgIpc) is 2.53. The second-order valence-corrected chi connectivity index (χ2v) is 5.33. The van der Waals surface area contributed by atoms with Gasteiger partial charge in [-0.1, -0.05) is 29.8 Å². The average molecular weight is 336 g/mol. The third kappa shape index (κ3) is 4.79. The molecule has 2 aromatic rings. The largest absolute Gasteiger partial charge is 0.467 e. The lowest BCUT2D eigenvalue weighted by Gasteiger charge is -2.17. The van der Waals surface area contributed by atoms with Crippen molar-refractivity contribution >= 4 is 23.5 Å². The molecule has 0 radical (unpaired) electrons. The summed E-state index contributed by atoms with van der Waals surface area (Å²) in [5.41, 5.74) is 0.900. The van der Waals surface area contributed by atoms with Crippen molar-refractivity contribution in [3.8, 4) is 0 Å². The highest BCUT2D eigenvalue weighted by molar-refractivity contribution is 6.30. The summed E-state index contributed by atoms with van der Waals surface area (Å²) in [5, 5.41) is 3.09. The number of halogens is 2. The Kier molecular flexibility index (Phi) is 5.71. The topological polar surface area (TPSA) is 55.4 Å². The summed E-state index contributed by atoms with van der Waals surface area (Å²) in [6, 6.07) is 11.3. The van der Waals surface area contributed by atoms with E-state index in [1.165, 1.54) is 25.3 Å². The van der Waals surface area contributed by atoms with Gasteiger partial charge in [0.25, 0.3) is 5.91 Å². The molecule has 0 saturated heterocycles. The van der Waals surface area contributed by atoms with Gasteiger partial charge >= 0.3 is 5.97 Å². The molecule has 0 aliphatic carbocycles. The van der Waals surface area contributed by atoms with Gasteiger partial charge in [0, 0.05) is 17.0 Å². The number of methoxy groups -OCH3 is 1. The lowest BCUT2D eigenvalue weighted by molar-refractivity contribution is -0.142. The third-order valence-corrected chi connectivity index (χ3v) is 3.44. The summed E-state index contributed by atoms with van der Waals surface area (Å²) >= 11 is 5.92. The number of carbonyl (C=O) groups is 2. The number of esters is 1. The number of carbonyl (C=O) groups excluding carboxylic acids is 2. The van der Waals surface area contributed by atoms with Crippen molar-refractivity contribution in [3.63, 3.8) is 0 Å². The molecule has 0 fully saturated rings. The van der Waals surface area contributed by atoms with Gasteiger partial charge in [0.15, 0.2) is 0 Å². The molecule has 0 aliphatic heterocycles. The smallest absolute Gasteiger partial charge is 0.328 e. The van der Waals surface area contributed by atoms with Crippen LogP contribution in [0.1, 0.15) is 15.9 Å². The van der Waals surface area contributed by atoms with Crippen molar-refractivity contribution < 1.29 is 18.7 Å². The fraction of sp³-hybridized carbons (Fsp3) is 0.176. The zero-order valence-electron chi connectivity index (χ0n) is 12.4. The second-order valence-electron chi connectivity index (χ2n) is 4.89. The minimum Gasteiger partial charge on any atom is -0.467 e. The van der Waals surface area contributed by atoms with Crippen LogP contribution in [-0.4, -0.2) is 25.0 Å². The third-order valence-electron chi connectivity index (χ3n) is 3.21. The van der Waals surface area contributed by atoms with E-state index in [1.807, 2.05) is 0 Å². The van der Waals surface area contributed by atoms with E-state index in [-0.39, 0.29) is 12.0 Å². The number of benzene rings is 2. The number of rotatable bonds is 5. The predicted octanol–water partition coefficient (Wildman–Crippen LogP) is 2.99. The van der Waals surface area contributed by atoms with Gasteiger partial charge in [-0.05, 0) is 35.9 Å². The zero-order chi connectivity index (χ0) is 16.8. The van der Waals surface area contributed by atoms with Gasteiger partial charge in [0.2, 0.25) is 0 Å². The molecule has 120 valence electrons. The SMILES string of the molecule is COC(=O)[C@@H](Cc1cccc(Cl)c1)NC(=O)c1cccc(F)c1. The maximum absolute atomic E-state index is 13.2. The summed E-state index contributed by atoms with van der Waals surface area (Å²) in [4.78, 5) is 24.1. The highest BCUT2D eigenvalue weighted by Crippen LogP contribution is 2.13. The van der Waals surface area contributed by atoms with Gasteiger partial charge in [-0.15, -0.1) is 0 Å². The summed E-state index contributed by atoms with van der Waals surface area (Å²) < 4.78 is 17.9. The quantitative estimate of drug-likeness (QED) is 0.855. The molecule has 0 heterocycles. The van der Waals surface area contributed by atoms with Gasteiger partial charge in [-0.2, -0.15) is 0 Å². The molecule has 4 nitrogen and oxygen atoms in total. The molecule has 0 aromatic heterocycles. The summed E-state index contributed by atoms with van der Waals surface area (Å²) in [6.45, 7) is 0. The van der Waals surface area contributed by atoms with E-state index in [0.29, 0.717) is 5.02 Å². The number of hydrogen-bond acceptors (Lipinski definition) is 3. The Balaban J connectivity index is 2.15. The molecule has 23 heavy (non-hydrogen) atoms. The molecular formula is C17H15ClFNO3. The summed E-state index contributed by atoms with van der Waals surface area (Å²) in [5.74, 6) is -1.67. The molecule has 0 unspecified atom stereocenters. The monoisotopic (exact) mass is 335 g/mol. The van der Waals surface area contributed by atoms with E-state index in [0.717, 1.165) is 11.6 Å². The lowest BCUT2D eigenvalue weighted by atomic mass is 10.1. The van der Waals surface area contributed by atoms with Crippen LogP contribution in [0.25, 0.3) is 0 Å². The molecular weight excluding hydrogens is 321 g/mol. The Morgan fingerprint density at radius 2 is 1.96 bits per heavy atom. The van der Waals surface area contributed by atoms with Crippen molar-refractivity contribution in [2.45, 2.75) is 12.5 Å². The summed E-state index contributed by atoms with van der Waals surface area (Å²) in [7, 11) is 1.24. The lowest BCUT2D eigenvalue weighted by Crippen LogP contribution is -2.43. The molecule has 1 amide bonds. The fourth-order valence-electron chi connectivity index (χ4n) is 2.11. The van der Waals surface area contributed by atoms with Crippen LogP contribution in [0, 0.1) is 5.82 Å². The van der Waals surface area contributed by atoms with Crippen LogP contribution in [-0.2, 0) is 16.0 Å². The van der Waals surface area contributed by atoms with E-state index in [2.05, 4.69) is 5.32 Å². The molecule has 0 aliphatic rings. The Hall–Kier alpha value is -2.40. The van der Waals surface area contributed by atoms with Gasteiger partial charge in [0.1, 0.15) is 11.9 Å². The van der Waals surface area contributed by atoms with Gasteiger partial charge in [-0.3, -0.25) is 4.79 Å². The van der Waals surface area contributed by atoms with Crippen LogP contribution in [0.2, 0.25) is 5.02 Å². The maximum atomic E-state index is 13.2. The molecule has 0 bridgehead atoms. The minimum absolute atomic E-state index is 0.130. The van der Waals surface area contributed by atoms with Crippen LogP contribution in [0.3, 0.4) is 0 Å².